The first-order chi connectivity index (χ1) is 8.91. The van der Waals surface area contributed by atoms with Crippen molar-refractivity contribution in [1.29, 1.82) is 0 Å². The van der Waals surface area contributed by atoms with Crippen LogP contribution < -0.4 is 5.73 Å². The number of amides is 1. The van der Waals surface area contributed by atoms with Crippen molar-refractivity contribution in [3.63, 3.8) is 0 Å². The molecule has 0 aliphatic carbocycles. The summed E-state index contributed by atoms with van der Waals surface area (Å²) >= 11 is 0. The lowest BCUT2D eigenvalue weighted by Crippen LogP contribution is -2.54. The standard InChI is InChI=1S/C14H23N3O2/c1-14(2,3)17-8-6-16(7-9-17)13(18)12-5-4-11(10-15)19-12/h4-5H,6-10,15H2,1-3H3. The predicted molar refractivity (Wildman–Crippen MR) is 73.8 cm³/mol. The molecule has 1 saturated heterocycles. The molecule has 1 aromatic heterocycles. The number of rotatable bonds is 2. The molecule has 2 rings (SSSR count). The first-order valence-corrected chi connectivity index (χ1v) is 6.75. The maximum Gasteiger partial charge on any atom is 0.289 e. The molecule has 5 nitrogen and oxygen atoms in total. The van der Waals surface area contributed by atoms with Gasteiger partial charge in [-0.05, 0) is 32.9 Å². The summed E-state index contributed by atoms with van der Waals surface area (Å²) in [5, 5.41) is 0. The summed E-state index contributed by atoms with van der Waals surface area (Å²) in [5.41, 5.74) is 5.64. The second-order valence-corrected chi connectivity index (χ2v) is 5.92. The number of carbonyl (C=O) groups is 1. The molecule has 5 heteroatoms. The number of nitrogens with two attached hydrogens (primary N) is 1. The molecular weight excluding hydrogens is 242 g/mol. The average molecular weight is 265 g/mol. The monoisotopic (exact) mass is 265 g/mol. The van der Waals surface area contributed by atoms with E-state index in [0.717, 1.165) is 26.2 Å². The Morgan fingerprint density at radius 1 is 1.26 bits per heavy atom. The van der Waals surface area contributed by atoms with Crippen LogP contribution in [0.15, 0.2) is 16.5 Å². The molecule has 1 aliphatic heterocycles. The van der Waals surface area contributed by atoms with Crippen molar-refractivity contribution in [2.24, 2.45) is 5.73 Å². The van der Waals surface area contributed by atoms with Crippen molar-refractivity contribution in [1.82, 2.24) is 9.80 Å². The van der Waals surface area contributed by atoms with Crippen molar-refractivity contribution in [3.8, 4) is 0 Å². The van der Waals surface area contributed by atoms with Gasteiger partial charge in [0.15, 0.2) is 5.76 Å². The lowest BCUT2D eigenvalue weighted by Gasteiger charge is -2.42. The van der Waals surface area contributed by atoms with E-state index in [-0.39, 0.29) is 11.4 Å². The van der Waals surface area contributed by atoms with E-state index in [0.29, 0.717) is 18.1 Å². The van der Waals surface area contributed by atoms with Crippen LogP contribution >= 0.6 is 0 Å². The van der Waals surface area contributed by atoms with Crippen LogP contribution in [0, 0.1) is 0 Å². The fourth-order valence-corrected chi connectivity index (χ4v) is 2.34. The Kier molecular flexibility index (Phi) is 3.96. The quantitative estimate of drug-likeness (QED) is 0.875. The maximum atomic E-state index is 12.3. The van der Waals surface area contributed by atoms with Crippen LogP contribution in [0.4, 0.5) is 0 Å². The highest BCUT2D eigenvalue weighted by Gasteiger charge is 2.29. The molecule has 19 heavy (non-hydrogen) atoms. The Labute approximate surface area is 114 Å². The Balaban J connectivity index is 1.96. The van der Waals surface area contributed by atoms with Gasteiger partial charge in [0.1, 0.15) is 5.76 Å². The van der Waals surface area contributed by atoms with Gasteiger partial charge in [0, 0.05) is 31.7 Å². The third-order valence-corrected chi connectivity index (χ3v) is 3.59. The van der Waals surface area contributed by atoms with E-state index in [1.54, 1.807) is 12.1 Å². The Hall–Kier alpha value is -1.33. The van der Waals surface area contributed by atoms with Gasteiger partial charge in [-0.15, -0.1) is 0 Å². The molecule has 0 bridgehead atoms. The van der Waals surface area contributed by atoms with Gasteiger partial charge in [0.2, 0.25) is 0 Å². The van der Waals surface area contributed by atoms with Gasteiger partial charge in [0.05, 0.1) is 6.54 Å². The normalized spacial score (nSPS) is 17.8. The van der Waals surface area contributed by atoms with Gasteiger partial charge in [-0.2, -0.15) is 0 Å². The van der Waals surface area contributed by atoms with Gasteiger partial charge in [-0.25, -0.2) is 0 Å². The smallest absolute Gasteiger partial charge is 0.289 e. The summed E-state index contributed by atoms with van der Waals surface area (Å²) in [6.45, 7) is 10.2. The molecule has 1 aromatic rings. The molecule has 0 unspecified atom stereocenters. The molecule has 0 spiro atoms. The fraction of sp³-hybridized carbons (Fsp3) is 0.643. The maximum absolute atomic E-state index is 12.3. The molecule has 1 aliphatic rings. The summed E-state index contributed by atoms with van der Waals surface area (Å²) in [4.78, 5) is 16.5. The van der Waals surface area contributed by atoms with Gasteiger partial charge in [0.25, 0.3) is 5.91 Å². The van der Waals surface area contributed by atoms with Crippen LogP contribution in [-0.2, 0) is 6.54 Å². The Morgan fingerprint density at radius 3 is 2.37 bits per heavy atom. The highest BCUT2D eigenvalue weighted by atomic mass is 16.4. The van der Waals surface area contributed by atoms with Crippen LogP contribution in [0.3, 0.4) is 0 Å². The SMILES string of the molecule is CC(C)(C)N1CCN(C(=O)c2ccc(CN)o2)CC1. The van der Waals surface area contributed by atoms with Crippen molar-refractivity contribution >= 4 is 5.91 Å². The zero-order valence-electron chi connectivity index (χ0n) is 12.0. The van der Waals surface area contributed by atoms with Crippen LogP contribution in [0.2, 0.25) is 0 Å². The molecular formula is C14H23N3O2. The minimum Gasteiger partial charge on any atom is -0.455 e. The minimum absolute atomic E-state index is 0.0340. The topological polar surface area (TPSA) is 62.7 Å². The number of hydrogen-bond acceptors (Lipinski definition) is 4. The summed E-state index contributed by atoms with van der Waals surface area (Å²) in [6.07, 6.45) is 0. The molecule has 0 aromatic carbocycles. The Morgan fingerprint density at radius 2 is 1.89 bits per heavy atom. The van der Waals surface area contributed by atoms with Crippen molar-refractivity contribution in [3.05, 3.63) is 23.7 Å². The molecule has 1 fully saturated rings. The van der Waals surface area contributed by atoms with Gasteiger partial charge in [-0.3, -0.25) is 9.69 Å². The Bertz CT molecular complexity index is 440. The average Bonchev–Trinajstić information content (AvgIpc) is 2.86. The number of piperazine rings is 1. The number of hydrogen-bond donors (Lipinski definition) is 1. The molecule has 2 heterocycles. The minimum atomic E-state index is -0.0340. The van der Waals surface area contributed by atoms with Crippen LogP contribution in [0.1, 0.15) is 37.1 Å². The zero-order valence-corrected chi connectivity index (χ0v) is 12.0. The van der Waals surface area contributed by atoms with Crippen LogP contribution in [0.25, 0.3) is 0 Å². The highest BCUT2D eigenvalue weighted by Crippen LogP contribution is 2.17. The van der Waals surface area contributed by atoms with E-state index >= 15 is 0 Å². The van der Waals surface area contributed by atoms with Crippen molar-refractivity contribution < 1.29 is 9.21 Å². The van der Waals surface area contributed by atoms with Crippen LogP contribution in [-0.4, -0.2) is 47.4 Å². The highest BCUT2D eigenvalue weighted by molar-refractivity contribution is 5.91. The van der Waals surface area contributed by atoms with Crippen molar-refractivity contribution in [2.45, 2.75) is 32.9 Å². The van der Waals surface area contributed by atoms with E-state index in [4.69, 9.17) is 10.2 Å². The summed E-state index contributed by atoms with van der Waals surface area (Å²) in [7, 11) is 0. The second-order valence-electron chi connectivity index (χ2n) is 5.92. The van der Waals surface area contributed by atoms with Crippen molar-refractivity contribution in [2.75, 3.05) is 26.2 Å². The third-order valence-electron chi connectivity index (χ3n) is 3.59. The van der Waals surface area contributed by atoms with E-state index in [9.17, 15) is 4.79 Å². The molecule has 2 N–H and O–H groups in total. The first-order valence-electron chi connectivity index (χ1n) is 6.75. The van der Waals surface area contributed by atoms with Gasteiger partial charge < -0.3 is 15.1 Å². The van der Waals surface area contributed by atoms with Gasteiger partial charge in [-0.1, -0.05) is 0 Å². The predicted octanol–water partition coefficient (Wildman–Crippen LogP) is 1.29. The summed E-state index contributed by atoms with van der Waals surface area (Å²) in [5.74, 6) is 1.01. The number of carbonyl (C=O) groups excluding carboxylic acids is 1. The largest absolute Gasteiger partial charge is 0.455 e. The zero-order chi connectivity index (χ0) is 14.0. The van der Waals surface area contributed by atoms with E-state index in [1.165, 1.54) is 0 Å². The molecule has 0 saturated carbocycles. The number of nitrogens with zero attached hydrogens (tertiary/aromatic N) is 2. The molecule has 106 valence electrons. The molecule has 1 amide bonds. The molecule has 0 atom stereocenters. The fourth-order valence-electron chi connectivity index (χ4n) is 2.34. The molecule has 0 radical (unpaired) electrons. The summed E-state index contributed by atoms with van der Waals surface area (Å²) in [6, 6.07) is 3.47. The second kappa shape index (κ2) is 5.35. The summed E-state index contributed by atoms with van der Waals surface area (Å²) < 4.78 is 5.41. The van der Waals surface area contributed by atoms with Gasteiger partial charge >= 0.3 is 0 Å². The van der Waals surface area contributed by atoms with E-state index < -0.39 is 0 Å². The first kappa shape index (κ1) is 14.1. The lowest BCUT2D eigenvalue weighted by atomic mass is 10.0. The van der Waals surface area contributed by atoms with E-state index in [2.05, 4.69) is 25.7 Å². The number of furan rings is 1. The van der Waals surface area contributed by atoms with E-state index in [1.807, 2.05) is 4.90 Å². The third kappa shape index (κ3) is 3.16. The lowest BCUT2D eigenvalue weighted by molar-refractivity contribution is 0.0427. The van der Waals surface area contributed by atoms with Crippen LogP contribution in [0.5, 0.6) is 0 Å².